The fraction of sp³-hybridized carbons (Fsp3) is 0.435. The maximum atomic E-state index is 12.3. The highest BCUT2D eigenvalue weighted by Gasteiger charge is 2.13. The SMILES string of the molecule is Cc1nn(CC(C)C)c(C)c1CCC(=O)NCCc1cnn(-c2ccccc2)c1. The Hall–Kier alpha value is -2.89. The van der Waals surface area contributed by atoms with Crippen LogP contribution in [-0.4, -0.2) is 32.0 Å². The van der Waals surface area contributed by atoms with E-state index in [1.165, 1.54) is 11.3 Å². The second-order valence-corrected chi connectivity index (χ2v) is 7.95. The van der Waals surface area contributed by atoms with Gasteiger partial charge in [-0.1, -0.05) is 32.0 Å². The van der Waals surface area contributed by atoms with Crippen LogP contribution in [0, 0.1) is 19.8 Å². The predicted octanol–water partition coefficient (Wildman–Crippen LogP) is 3.63. The number of hydrogen-bond donors (Lipinski definition) is 1. The Kier molecular flexibility index (Phi) is 6.86. The van der Waals surface area contributed by atoms with Crippen LogP contribution in [0.25, 0.3) is 5.69 Å². The summed E-state index contributed by atoms with van der Waals surface area (Å²) in [5.74, 6) is 0.631. The van der Waals surface area contributed by atoms with Crippen molar-refractivity contribution in [2.24, 2.45) is 5.92 Å². The number of aryl methyl sites for hydroxylation is 1. The van der Waals surface area contributed by atoms with Gasteiger partial charge in [-0.3, -0.25) is 9.48 Å². The molecule has 3 rings (SSSR count). The first-order valence-electron chi connectivity index (χ1n) is 10.3. The zero-order chi connectivity index (χ0) is 20.8. The van der Waals surface area contributed by atoms with Gasteiger partial charge in [-0.2, -0.15) is 10.2 Å². The minimum Gasteiger partial charge on any atom is -0.356 e. The summed E-state index contributed by atoms with van der Waals surface area (Å²) in [7, 11) is 0. The minimum absolute atomic E-state index is 0.0795. The lowest BCUT2D eigenvalue weighted by Crippen LogP contribution is -2.25. The van der Waals surface area contributed by atoms with Crippen molar-refractivity contribution >= 4 is 5.91 Å². The lowest BCUT2D eigenvalue weighted by molar-refractivity contribution is -0.121. The summed E-state index contributed by atoms with van der Waals surface area (Å²) < 4.78 is 3.93. The van der Waals surface area contributed by atoms with Crippen LogP contribution in [0.4, 0.5) is 0 Å². The molecule has 6 nitrogen and oxygen atoms in total. The molecule has 0 aliphatic carbocycles. The highest BCUT2D eigenvalue weighted by Crippen LogP contribution is 2.16. The Labute approximate surface area is 172 Å². The van der Waals surface area contributed by atoms with Crippen LogP contribution in [0.3, 0.4) is 0 Å². The molecular weight excluding hydrogens is 362 g/mol. The van der Waals surface area contributed by atoms with Gasteiger partial charge < -0.3 is 5.32 Å². The van der Waals surface area contributed by atoms with Crippen LogP contribution >= 0.6 is 0 Å². The van der Waals surface area contributed by atoms with Gasteiger partial charge in [-0.05, 0) is 55.9 Å². The van der Waals surface area contributed by atoms with E-state index in [-0.39, 0.29) is 5.91 Å². The van der Waals surface area contributed by atoms with E-state index in [9.17, 15) is 4.79 Å². The van der Waals surface area contributed by atoms with Crippen LogP contribution in [0.15, 0.2) is 42.7 Å². The average molecular weight is 394 g/mol. The molecule has 0 aliphatic rings. The second kappa shape index (κ2) is 9.54. The Balaban J connectivity index is 1.45. The molecule has 0 unspecified atom stereocenters. The third kappa shape index (κ3) is 5.56. The van der Waals surface area contributed by atoms with Gasteiger partial charge in [0.05, 0.1) is 17.6 Å². The first kappa shape index (κ1) is 20.8. The zero-order valence-electron chi connectivity index (χ0n) is 17.9. The van der Waals surface area contributed by atoms with Crippen molar-refractivity contribution in [2.75, 3.05) is 6.54 Å². The predicted molar refractivity (Wildman–Crippen MR) is 115 cm³/mol. The van der Waals surface area contributed by atoms with E-state index in [1.807, 2.05) is 54.3 Å². The summed E-state index contributed by atoms with van der Waals surface area (Å²) in [5.41, 5.74) is 5.55. The normalized spacial score (nSPS) is 11.2. The van der Waals surface area contributed by atoms with E-state index in [2.05, 4.69) is 41.0 Å². The molecule has 0 fully saturated rings. The van der Waals surface area contributed by atoms with Crippen molar-refractivity contribution < 1.29 is 4.79 Å². The Morgan fingerprint density at radius 1 is 1.14 bits per heavy atom. The van der Waals surface area contributed by atoms with Crippen molar-refractivity contribution in [1.82, 2.24) is 24.9 Å². The summed E-state index contributed by atoms with van der Waals surface area (Å²) in [6, 6.07) is 10.0. The zero-order valence-corrected chi connectivity index (χ0v) is 17.9. The molecule has 2 aromatic heterocycles. The highest BCUT2D eigenvalue weighted by atomic mass is 16.1. The molecular formula is C23H31N5O. The molecule has 0 bridgehead atoms. The first-order chi connectivity index (χ1) is 13.9. The van der Waals surface area contributed by atoms with Crippen LogP contribution in [-0.2, 0) is 24.2 Å². The van der Waals surface area contributed by atoms with Gasteiger partial charge in [0, 0.05) is 31.4 Å². The van der Waals surface area contributed by atoms with Gasteiger partial charge in [0.2, 0.25) is 5.91 Å². The number of carbonyl (C=O) groups is 1. The number of para-hydroxylation sites is 1. The van der Waals surface area contributed by atoms with E-state index >= 15 is 0 Å². The largest absolute Gasteiger partial charge is 0.356 e. The molecule has 1 aromatic carbocycles. The Morgan fingerprint density at radius 3 is 2.62 bits per heavy atom. The first-order valence-corrected chi connectivity index (χ1v) is 10.3. The summed E-state index contributed by atoms with van der Waals surface area (Å²) >= 11 is 0. The molecule has 0 saturated heterocycles. The van der Waals surface area contributed by atoms with E-state index in [0.717, 1.165) is 36.3 Å². The van der Waals surface area contributed by atoms with Gasteiger partial charge in [-0.15, -0.1) is 0 Å². The maximum Gasteiger partial charge on any atom is 0.220 e. The van der Waals surface area contributed by atoms with Gasteiger partial charge >= 0.3 is 0 Å². The third-order valence-electron chi connectivity index (χ3n) is 5.06. The molecule has 1 N–H and O–H groups in total. The van der Waals surface area contributed by atoms with E-state index in [4.69, 9.17) is 0 Å². The van der Waals surface area contributed by atoms with Crippen molar-refractivity contribution in [1.29, 1.82) is 0 Å². The number of rotatable bonds is 9. The van der Waals surface area contributed by atoms with E-state index < -0.39 is 0 Å². The van der Waals surface area contributed by atoms with Gasteiger partial charge in [0.15, 0.2) is 0 Å². The summed E-state index contributed by atoms with van der Waals surface area (Å²) in [6.07, 6.45) is 5.85. The number of nitrogens with one attached hydrogen (secondary N) is 1. The average Bonchev–Trinajstić information content (AvgIpc) is 3.26. The number of hydrogen-bond acceptors (Lipinski definition) is 3. The van der Waals surface area contributed by atoms with Gasteiger partial charge in [-0.25, -0.2) is 4.68 Å². The van der Waals surface area contributed by atoms with E-state index in [1.54, 1.807) is 0 Å². The summed E-state index contributed by atoms with van der Waals surface area (Å²) in [5, 5.41) is 12.1. The quantitative estimate of drug-likeness (QED) is 0.604. The van der Waals surface area contributed by atoms with Crippen LogP contribution < -0.4 is 5.32 Å². The van der Waals surface area contributed by atoms with Crippen molar-refractivity contribution in [3.8, 4) is 5.69 Å². The van der Waals surface area contributed by atoms with Crippen molar-refractivity contribution in [3.05, 3.63) is 65.2 Å². The van der Waals surface area contributed by atoms with Crippen LogP contribution in [0.5, 0.6) is 0 Å². The van der Waals surface area contributed by atoms with Crippen molar-refractivity contribution in [3.63, 3.8) is 0 Å². The van der Waals surface area contributed by atoms with E-state index in [0.29, 0.717) is 18.9 Å². The summed E-state index contributed by atoms with van der Waals surface area (Å²) in [4.78, 5) is 12.3. The molecule has 0 atom stereocenters. The van der Waals surface area contributed by atoms with Gasteiger partial charge in [0.25, 0.3) is 0 Å². The molecule has 0 aliphatic heterocycles. The molecule has 0 radical (unpaired) electrons. The van der Waals surface area contributed by atoms with Crippen LogP contribution in [0.1, 0.15) is 42.8 Å². The second-order valence-electron chi connectivity index (χ2n) is 7.95. The lowest BCUT2D eigenvalue weighted by Gasteiger charge is -2.08. The lowest BCUT2D eigenvalue weighted by atomic mass is 10.1. The molecule has 29 heavy (non-hydrogen) atoms. The topological polar surface area (TPSA) is 64.7 Å². The number of aromatic nitrogens is 4. The fourth-order valence-electron chi connectivity index (χ4n) is 3.50. The molecule has 6 heteroatoms. The Morgan fingerprint density at radius 2 is 1.90 bits per heavy atom. The number of amides is 1. The molecule has 3 aromatic rings. The fourth-order valence-corrected chi connectivity index (χ4v) is 3.50. The smallest absolute Gasteiger partial charge is 0.220 e. The molecule has 154 valence electrons. The Bertz CT molecular complexity index is 940. The molecule has 0 saturated carbocycles. The third-order valence-corrected chi connectivity index (χ3v) is 5.06. The van der Waals surface area contributed by atoms with Crippen LogP contribution in [0.2, 0.25) is 0 Å². The van der Waals surface area contributed by atoms with Gasteiger partial charge in [0.1, 0.15) is 0 Å². The highest BCUT2D eigenvalue weighted by molar-refractivity contribution is 5.76. The minimum atomic E-state index is 0.0795. The standard InChI is InChI=1S/C23H31N5O/c1-17(2)15-27-19(4)22(18(3)26-27)10-11-23(29)24-13-12-20-14-25-28(16-20)21-8-6-5-7-9-21/h5-9,14,16-17H,10-13,15H2,1-4H3,(H,24,29). The summed E-state index contributed by atoms with van der Waals surface area (Å²) in [6.45, 7) is 10.0. The van der Waals surface area contributed by atoms with Crippen molar-refractivity contribution in [2.45, 2.75) is 53.5 Å². The molecule has 0 spiro atoms. The molecule has 1 amide bonds. The number of carbonyl (C=O) groups excluding carboxylic acids is 1. The molecule has 2 heterocycles. The number of nitrogens with zero attached hydrogens (tertiary/aromatic N) is 4. The maximum absolute atomic E-state index is 12.3. The number of benzene rings is 1. The monoisotopic (exact) mass is 393 g/mol.